The van der Waals surface area contributed by atoms with Gasteiger partial charge in [-0.15, -0.1) is 0 Å². The van der Waals surface area contributed by atoms with E-state index in [1.54, 1.807) is 42.5 Å². The van der Waals surface area contributed by atoms with E-state index in [-0.39, 0.29) is 29.7 Å². The smallest absolute Gasteiger partial charge is 0.345 e. The summed E-state index contributed by atoms with van der Waals surface area (Å²) in [4.78, 5) is 57.7. The Hall–Kier alpha value is -4.99. The lowest BCUT2D eigenvalue weighted by molar-refractivity contribution is -0.170. The molecular weight excluding hydrogens is 634 g/mol. The zero-order valence-electron chi connectivity index (χ0n) is 26.0. The molecule has 1 spiro atoms. The SMILES string of the molecule is CC(=O)OC(CC(=O)O)C(=O)O.CN1CC[C@]23c4c5ccc(O)c4O[C@H]2C(OC(=O)CC(O)C(=O)Oc2ccccc2)=CC[C@@]3(O)[C@H]1C5. The highest BCUT2D eigenvalue weighted by Crippen LogP contribution is 2.65. The molecule has 6 atom stereocenters. The molecule has 0 amide bonds. The molecule has 2 aliphatic heterocycles. The first kappa shape index (κ1) is 34.3. The second-order valence-corrected chi connectivity index (χ2v) is 12.1. The summed E-state index contributed by atoms with van der Waals surface area (Å²) in [5, 5.41) is 49.4. The van der Waals surface area contributed by atoms with Gasteiger partial charge in [0.2, 0.25) is 6.10 Å². The molecule has 6 rings (SSSR count). The largest absolute Gasteiger partial charge is 0.504 e. The second kappa shape index (κ2) is 13.3. The number of phenolic OH excluding ortho intramolecular Hbond substituents is 1. The average Bonchev–Trinajstić information content (AvgIpc) is 3.38. The Balaban J connectivity index is 0.000000323. The van der Waals surface area contributed by atoms with Crippen LogP contribution in [0.2, 0.25) is 0 Å². The molecular formula is C33H35NO14. The molecule has 15 heteroatoms. The molecule has 15 nitrogen and oxygen atoms in total. The van der Waals surface area contributed by atoms with E-state index in [1.165, 1.54) is 0 Å². The predicted molar refractivity (Wildman–Crippen MR) is 161 cm³/mol. The van der Waals surface area contributed by atoms with Crippen LogP contribution in [0.3, 0.4) is 0 Å². The predicted octanol–water partition coefficient (Wildman–Crippen LogP) is 1.05. The lowest BCUT2D eigenvalue weighted by atomic mass is 9.50. The lowest BCUT2D eigenvalue weighted by Crippen LogP contribution is -2.74. The molecule has 48 heavy (non-hydrogen) atoms. The zero-order chi connectivity index (χ0) is 35.0. The number of carboxylic acids is 2. The Labute approximate surface area is 273 Å². The number of likely N-dealkylation sites (tertiary alicyclic amines) is 1. The van der Waals surface area contributed by atoms with E-state index in [0.717, 1.165) is 18.1 Å². The van der Waals surface area contributed by atoms with E-state index < -0.39 is 72.0 Å². The third kappa shape index (κ3) is 6.19. The fourth-order valence-electron chi connectivity index (χ4n) is 7.06. The van der Waals surface area contributed by atoms with Gasteiger partial charge in [0, 0.05) is 24.9 Å². The second-order valence-electron chi connectivity index (χ2n) is 12.1. The van der Waals surface area contributed by atoms with Crippen LogP contribution in [0.4, 0.5) is 0 Å². The molecule has 2 aromatic carbocycles. The first-order valence-corrected chi connectivity index (χ1v) is 15.1. The number of rotatable bonds is 9. The topological polar surface area (TPSA) is 227 Å². The fraction of sp³-hybridized carbons (Fsp3) is 0.424. The number of piperidine rings is 1. The van der Waals surface area contributed by atoms with E-state index in [9.17, 15) is 39.3 Å². The van der Waals surface area contributed by atoms with Crippen molar-refractivity contribution in [3.63, 3.8) is 0 Å². The summed E-state index contributed by atoms with van der Waals surface area (Å²) < 4.78 is 21.2. The molecule has 0 saturated carbocycles. The molecule has 0 radical (unpaired) electrons. The summed E-state index contributed by atoms with van der Waals surface area (Å²) in [6, 6.07) is 11.5. The Morgan fingerprint density at radius 2 is 1.75 bits per heavy atom. The number of aromatic hydroxyl groups is 1. The Morgan fingerprint density at radius 1 is 1.04 bits per heavy atom. The minimum absolute atomic E-state index is 0.0259. The molecule has 4 aliphatic rings. The molecule has 2 aliphatic carbocycles. The monoisotopic (exact) mass is 669 g/mol. The van der Waals surface area contributed by atoms with Crippen LogP contribution in [-0.2, 0) is 45.3 Å². The van der Waals surface area contributed by atoms with Crippen molar-refractivity contribution < 1.29 is 68.5 Å². The number of carbonyl (C=O) groups is 5. The summed E-state index contributed by atoms with van der Waals surface area (Å²) in [7, 11) is 1.99. The normalized spacial score (nSPS) is 25.8. The lowest BCUT2D eigenvalue weighted by Gasteiger charge is -2.61. The van der Waals surface area contributed by atoms with Crippen molar-refractivity contribution in [2.24, 2.45) is 0 Å². The number of esters is 3. The van der Waals surface area contributed by atoms with Crippen molar-refractivity contribution in [2.75, 3.05) is 13.6 Å². The minimum atomic E-state index is -1.71. The van der Waals surface area contributed by atoms with Crippen LogP contribution in [0.25, 0.3) is 0 Å². The highest BCUT2D eigenvalue weighted by molar-refractivity contribution is 5.84. The Morgan fingerprint density at radius 3 is 2.40 bits per heavy atom. The molecule has 2 heterocycles. The number of aliphatic hydroxyl groups is 2. The van der Waals surface area contributed by atoms with Crippen molar-refractivity contribution in [3.05, 3.63) is 65.4 Å². The van der Waals surface area contributed by atoms with Gasteiger partial charge in [0.25, 0.3) is 0 Å². The number of aliphatic carboxylic acids is 2. The van der Waals surface area contributed by atoms with E-state index in [2.05, 4.69) is 9.64 Å². The van der Waals surface area contributed by atoms with Gasteiger partial charge in [0.05, 0.1) is 23.9 Å². The quantitative estimate of drug-likeness (QED) is 0.186. The summed E-state index contributed by atoms with van der Waals surface area (Å²) in [6.45, 7) is 1.71. The molecule has 2 bridgehead atoms. The maximum atomic E-state index is 12.8. The number of phenols is 1. The first-order valence-electron chi connectivity index (χ1n) is 15.1. The van der Waals surface area contributed by atoms with Gasteiger partial charge in [-0.3, -0.25) is 14.4 Å². The molecule has 0 aromatic heterocycles. The van der Waals surface area contributed by atoms with Gasteiger partial charge < -0.3 is 49.4 Å². The number of nitrogens with zero attached hydrogens (tertiary/aromatic N) is 1. The zero-order valence-corrected chi connectivity index (χ0v) is 26.0. The molecule has 2 aromatic rings. The molecule has 5 N–H and O–H groups in total. The summed E-state index contributed by atoms with van der Waals surface area (Å²) >= 11 is 0. The van der Waals surface area contributed by atoms with Crippen LogP contribution >= 0.6 is 0 Å². The average molecular weight is 670 g/mol. The van der Waals surface area contributed by atoms with E-state index in [0.29, 0.717) is 25.1 Å². The molecule has 1 fully saturated rings. The van der Waals surface area contributed by atoms with Crippen molar-refractivity contribution >= 4 is 29.8 Å². The van der Waals surface area contributed by atoms with Crippen LogP contribution in [0.15, 0.2) is 54.3 Å². The third-order valence-corrected chi connectivity index (χ3v) is 9.12. The number of carbonyl (C=O) groups excluding carboxylic acids is 3. The third-order valence-electron chi connectivity index (χ3n) is 9.12. The van der Waals surface area contributed by atoms with Gasteiger partial charge in [-0.2, -0.15) is 0 Å². The van der Waals surface area contributed by atoms with Crippen LogP contribution in [0.1, 0.15) is 43.7 Å². The summed E-state index contributed by atoms with van der Waals surface area (Å²) in [5.41, 5.74) is -0.280. The fourth-order valence-corrected chi connectivity index (χ4v) is 7.06. The summed E-state index contributed by atoms with van der Waals surface area (Å²) in [6.07, 6.45) is -2.43. The maximum Gasteiger partial charge on any atom is 0.345 e. The van der Waals surface area contributed by atoms with E-state index >= 15 is 0 Å². The van der Waals surface area contributed by atoms with Crippen LogP contribution < -0.4 is 9.47 Å². The number of ether oxygens (including phenoxy) is 4. The number of hydrogen-bond acceptors (Lipinski definition) is 13. The maximum absolute atomic E-state index is 12.8. The number of para-hydroxylation sites is 1. The van der Waals surface area contributed by atoms with Crippen molar-refractivity contribution in [3.8, 4) is 17.2 Å². The van der Waals surface area contributed by atoms with Crippen molar-refractivity contribution in [1.29, 1.82) is 0 Å². The first-order chi connectivity index (χ1) is 22.7. The van der Waals surface area contributed by atoms with Gasteiger partial charge in [0.1, 0.15) is 11.5 Å². The number of hydrogen-bond donors (Lipinski definition) is 5. The van der Waals surface area contributed by atoms with E-state index in [1.807, 2.05) is 13.1 Å². The Kier molecular flexibility index (Phi) is 9.48. The number of carboxylic acid groups (broad SMARTS) is 2. The number of likely N-dealkylation sites (N-methyl/N-ethyl adjacent to an activating group) is 1. The van der Waals surface area contributed by atoms with Gasteiger partial charge >= 0.3 is 29.8 Å². The number of aliphatic hydroxyl groups excluding tert-OH is 1. The summed E-state index contributed by atoms with van der Waals surface area (Å²) in [5.74, 6) is -4.65. The Bertz CT molecular complexity index is 1640. The number of benzene rings is 2. The van der Waals surface area contributed by atoms with Crippen molar-refractivity contribution in [1.82, 2.24) is 4.90 Å². The molecule has 256 valence electrons. The standard InChI is InChI=1S/C27H27NO8.C6H8O6/c1-28-12-11-26-22-15-7-8-17(29)23(22)36-24(26)19(9-10-27(26,33)20(28)13-15)35-21(31)14-18(30)25(32)34-16-5-3-2-4-6-16;1-3(7)12-4(6(10)11)2-5(8)9/h2-9,18,20,24,29-30,33H,10-14H2,1H3;4H,2H2,1H3,(H,8,9)(H,10,11)/t18?,20-,24+,26+,27-;/m1./s1. The van der Waals surface area contributed by atoms with E-state index in [4.69, 9.17) is 24.4 Å². The molecule has 2 unspecified atom stereocenters. The van der Waals surface area contributed by atoms with Gasteiger partial charge in [-0.1, -0.05) is 24.3 Å². The van der Waals surface area contributed by atoms with Gasteiger partial charge in [0.15, 0.2) is 23.7 Å². The van der Waals surface area contributed by atoms with Crippen molar-refractivity contribution in [2.45, 2.75) is 74.4 Å². The van der Waals surface area contributed by atoms with Crippen LogP contribution in [-0.4, -0.2) is 104 Å². The van der Waals surface area contributed by atoms with Gasteiger partial charge in [-0.05, 0) is 56.3 Å². The van der Waals surface area contributed by atoms with Gasteiger partial charge in [-0.25, -0.2) is 9.59 Å². The molecule has 1 saturated heterocycles. The highest BCUT2D eigenvalue weighted by atomic mass is 16.6. The highest BCUT2D eigenvalue weighted by Gasteiger charge is 2.72. The van der Waals surface area contributed by atoms with Crippen LogP contribution in [0, 0.1) is 0 Å². The minimum Gasteiger partial charge on any atom is -0.504 e. The van der Waals surface area contributed by atoms with Crippen LogP contribution in [0.5, 0.6) is 17.2 Å².